The van der Waals surface area contributed by atoms with E-state index in [0.29, 0.717) is 10.8 Å². The number of anilines is 3. The lowest BCUT2D eigenvalue weighted by Crippen LogP contribution is -2.13. The first kappa shape index (κ1) is 22.1. The normalized spacial score (nSPS) is 11.3. The quantitative estimate of drug-likeness (QED) is 0.231. The summed E-state index contributed by atoms with van der Waals surface area (Å²) in [6.07, 6.45) is 0. The summed E-state index contributed by atoms with van der Waals surface area (Å²) < 4.78 is 2.18. The van der Waals surface area contributed by atoms with Crippen molar-refractivity contribution in [3.05, 3.63) is 156 Å². The number of benzene rings is 6. The maximum Gasteiger partial charge on any atom is 0.197 e. The van der Waals surface area contributed by atoms with E-state index >= 15 is 0 Å². The minimum Gasteiger partial charge on any atom is -0.310 e. The van der Waals surface area contributed by atoms with E-state index in [0.717, 1.165) is 39.2 Å². The Balaban J connectivity index is 1.55. The standard InChI is InChI=1S/C35H24N2O/c38-35-30-19-9-10-20-33(30)37(27-16-5-2-6-17-27)34-23-22-28(24-31(34)35)36(26-14-3-1-4-15-26)32-21-11-13-25-12-7-8-18-29(25)32/h1-24H. The van der Waals surface area contributed by atoms with Crippen molar-refractivity contribution in [2.45, 2.75) is 0 Å². The smallest absolute Gasteiger partial charge is 0.197 e. The van der Waals surface area contributed by atoms with Gasteiger partial charge in [0.1, 0.15) is 0 Å². The van der Waals surface area contributed by atoms with Crippen LogP contribution in [-0.4, -0.2) is 4.57 Å². The van der Waals surface area contributed by atoms with Crippen LogP contribution in [0, 0.1) is 0 Å². The lowest BCUT2D eigenvalue weighted by Gasteiger charge is -2.27. The van der Waals surface area contributed by atoms with Crippen LogP contribution in [0.3, 0.4) is 0 Å². The molecular weight excluding hydrogens is 464 g/mol. The summed E-state index contributed by atoms with van der Waals surface area (Å²) in [6.45, 7) is 0. The molecule has 0 aliphatic carbocycles. The van der Waals surface area contributed by atoms with Crippen molar-refractivity contribution in [3.8, 4) is 5.69 Å². The fourth-order valence-corrected chi connectivity index (χ4v) is 5.44. The van der Waals surface area contributed by atoms with Crippen LogP contribution in [-0.2, 0) is 0 Å². The van der Waals surface area contributed by atoms with E-state index in [-0.39, 0.29) is 5.43 Å². The molecule has 0 spiro atoms. The molecule has 1 heterocycles. The fraction of sp³-hybridized carbons (Fsp3) is 0. The van der Waals surface area contributed by atoms with E-state index < -0.39 is 0 Å². The molecule has 180 valence electrons. The van der Waals surface area contributed by atoms with Gasteiger partial charge in [0.2, 0.25) is 0 Å². The van der Waals surface area contributed by atoms with Crippen LogP contribution in [0.5, 0.6) is 0 Å². The van der Waals surface area contributed by atoms with E-state index in [1.807, 2.05) is 66.7 Å². The molecule has 0 saturated carbocycles. The number of pyridine rings is 1. The largest absolute Gasteiger partial charge is 0.310 e. The lowest BCUT2D eigenvalue weighted by molar-refractivity contribution is 1.16. The Morgan fingerprint density at radius 2 is 1.11 bits per heavy atom. The van der Waals surface area contributed by atoms with Crippen LogP contribution < -0.4 is 10.3 Å². The third kappa shape index (κ3) is 3.56. The Hall–Kier alpha value is -5.15. The summed E-state index contributed by atoms with van der Waals surface area (Å²) in [5, 5.41) is 3.71. The van der Waals surface area contributed by atoms with Crippen molar-refractivity contribution >= 4 is 49.6 Å². The summed E-state index contributed by atoms with van der Waals surface area (Å²) in [4.78, 5) is 16.1. The molecular formula is C35H24N2O. The zero-order valence-electron chi connectivity index (χ0n) is 20.7. The van der Waals surface area contributed by atoms with Crippen LogP contribution in [0.4, 0.5) is 17.1 Å². The number of hydrogen-bond donors (Lipinski definition) is 0. The molecule has 0 bridgehead atoms. The molecule has 0 aliphatic heterocycles. The van der Waals surface area contributed by atoms with Gasteiger partial charge in [-0.25, -0.2) is 0 Å². The van der Waals surface area contributed by atoms with E-state index in [4.69, 9.17) is 0 Å². The van der Waals surface area contributed by atoms with Crippen LogP contribution >= 0.6 is 0 Å². The first-order chi connectivity index (χ1) is 18.8. The van der Waals surface area contributed by atoms with Gasteiger partial charge in [0.15, 0.2) is 5.43 Å². The number of aromatic nitrogens is 1. The highest BCUT2D eigenvalue weighted by Crippen LogP contribution is 2.39. The molecule has 3 heteroatoms. The summed E-state index contributed by atoms with van der Waals surface area (Å²) in [7, 11) is 0. The number of nitrogens with zero attached hydrogens (tertiary/aromatic N) is 2. The van der Waals surface area contributed by atoms with Crippen molar-refractivity contribution in [2.75, 3.05) is 4.90 Å². The SMILES string of the molecule is O=c1c2ccccc2n(-c2ccccc2)c2ccc(N(c3ccccc3)c3cccc4ccccc34)cc12. The molecule has 0 fully saturated rings. The molecule has 7 rings (SSSR count). The predicted octanol–water partition coefficient (Wildman–Crippen LogP) is 8.77. The van der Waals surface area contributed by atoms with E-state index in [9.17, 15) is 4.79 Å². The van der Waals surface area contributed by atoms with E-state index in [1.165, 1.54) is 5.39 Å². The molecule has 6 aromatic carbocycles. The van der Waals surface area contributed by atoms with Gasteiger partial charge in [-0.3, -0.25) is 4.79 Å². The number of para-hydroxylation sites is 3. The highest BCUT2D eigenvalue weighted by Gasteiger charge is 2.18. The van der Waals surface area contributed by atoms with Crippen LogP contribution in [0.25, 0.3) is 38.3 Å². The average molecular weight is 489 g/mol. The Kier molecular flexibility index (Phi) is 5.26. The highest BCUT2D eigenvalue weighted by molar-refractivity contribution is 6.01. The maximum atomic E-state index is 13.9. The predicted molar refractivity (Wildman–Crippen MR) is 159 cm³/mol. The van der Waals surface area contributed by atoms with Gasteiger partial charge >= 0.3 is 0 Å². The van der Waals surface area contributed by atoms with Gasteiger partial charge < -0.3 is 9.47 Å². The zero-order valence-corrected chi connectivity index (χ0v) is 20.7. The van der Waals surface area contributed by atoms with Crippen molar-refractivity contribution < 1.29 is 0 Å². The summed E-state index contributed by atoms with van der Waals surface area (Å²) in [5.41, 5.74) is 5.88. The molecule has 1 aromatic heterocycles. The van der Waals surface area contributed by atoms with Crippen molar-refractivity contribution in [1.82, 2.24) is 4.57 Å². The van der Waals surface area contributed by atoms with Crippen molar-refractivity contribution in [1.29, 1.82) is 0 Å². The molecule has 0 saturated heterocycles. The molecule has 38 heavy (non-hydrogen) atoms. The Morgan fingerprint density at radius 1 is 0.474 bits per heavy atom. The van der Waals surface area contributed by atoms with Gasteiger partial charge in [-0.1, -0.05) is 84.9 Å². The molecule has 0 atom stereocenters. The first-order valence-electron chi connectivity index (χ1n) is 12.8. The Bertz CT molecular complexity index is 1990. The molecule has 0 radical (unpaired) electrons. The molecule has 0 amide bonds. The second-order valence-corrected chi connectivity index (χ2v) is 9.39. The summed E-state index contributed by atoms with van der Waals surface area (Å²) >= 11 is 0. The molecule has 7 aromatic rings. The van der Waals surface area contributed by atoms with Crippen LogP contribution in [0.2, 0.25) is 0 Å². The van der Waals surface area contributed by atoms with Gasteiger partial charge in [-0.15, -0.1) is 0 Å². The lowest BCUT2D eigenvalue weighted by atomic mass is 10.0. The van der Waals surface area contributed by atoms with Crippen molar-refractivity contribution in [2.24, 2.45) is 0 Å². The summed E-state index contributed by atoms with van der Waals surface area (Å²) in [5.74, 6) is 0. The van der Waals surface area contributed by atoms with Gasteiger partial charge in [0.05, 0.1) is 16.7 Å². The highest BCUT2D eigenvalue weighted by atomic mass is 16.1. The van der Waals surface area contributed by atoms with Gasteiger partial charge in [-0.2, -0.15) is 0 Å². The maximum absolute atomic E-state index is 13.9. The number of hydrogen-bond acceptors (Lipinski definition) is 2. The van der Waals surface area contributed by atoms with Crippen molar-refractivity contribution in [3.63, 3.8) is 0 Å². The second kappa shape index (κ2) is 9.06. The minimum atomic E-state index is 0.0376. The zero-order chi connectivity index (χ0) is 25.5. The van der Waals surface area contributed by atoms with Crippen LogP contribution in [0.1, 0.15) is 0 Å². The Labute approximate surface area is 220 Å². The number of rotatable bonds is 4. The van der Waals surface area contributed by atoms with Crippen LogP contribution in [0.15, 0.2) is 150 Å². The monoisotopic (exact) mass is 488 g/mol. The van der Waals surface area contributed by atoms with Gasteiger partial charge in [0.25, 0.3) is 0 Å². The van der Waals surface area contributed by atoms with E-state index in [1.54, 1.807) is 0 Å². The molecule has 0 N–H and O–H groups in total. The molecule has 0 unspecified atom stereocenters. The van der Waals surface area contributed by atoms with Gasteiger partial charge in [0, 0.05) is 33.2 Å². The minimum absolute atomic E-state index is 0.0376. The number of fused-ring (bicyclic) bond motifs is 3. The molecule has 0 aliphatic rings. The van der Waals surface area contributed by atoms with E-state index in [2.05, 4.69) is 88.3 Å². The third-order valence-corrected chi connectivity index (χ3v) is 7.15. The third-order valence-electron chi connectivity index (χ3n) is 7.15. The second-order valence-electron chi connectivity index (χ2n) is 9.39. The topological polar surface area (TPSA) is 25.2 Å². The first-order valence-corrected chi connectivity index (χ1v) is 12.8. The average Bonchev–Trinajstić information content (AvgIpc) is 2.99. The van der Waals surface area contributed by atoms with Gasteiger partial charge in [-0.05, 0) is 66.0 Å². The molecule has 3 nitrogen and oxygen atoms in total. The fourth-order valence-electron chi connectivity index (χ4n) is 5.44. The Morgan fingerprint density at radius 3 is 1.92 bits per heavy atom. The summed E-state index contributed by atoms with van der Waals surface area (Å²) in [6, 6.07) is 49.4.